The number of rotatable bonds is 6. The van der Waals surface area contributed by atoms with Crippen molar-refractivity contribution < 1.29 is 9.59 Å². The Morgan fingerprint density at radius 2 is 1.88 bits per heavy atom. The van der Waals surface area contributed by atoms with Crippen LogP contribution in [0.2, 0.25) is 0 Å². The Kier molecular flexibility index (Phi) is 6.51. The third-order valence-corrected chi connectivity index (χ3v) is 4.07. The molecule has 25 heavy (non-hydrogen) atoms. The zero-order valence-electron chi connectivity index (χ0n) is 14.7. The summed E-state index contributed by atoms with van der Waals surface area (Å²) in [5.41, 5.74) is 3.03. The first-order valence-electron chi connectivity index (χ1n) is 7.92. The van der Waals surface area contributed by atoms with E-state index >= 15 is 0 Å². The molecule has 3 amide bonds. The lowest BCUT2D eigenvalue weighted by Gasteiger charge is -2.09. The fourth-order valence-electron chi connectivity index (χ4n) is 2.14. The van der Waals surface area contributed by atoms with Crippen molar-refractivity contribution in [1.82, 2.24) is 30.8 Å². The summed E-state index contributed by atoms with van der Waals surface area (Å²) >= 11 is 1.17. The van der Waals surface area contributed by atoms with Gasteiger partial charge in [0, 0.05) is 6.54 Å². The molecular weight excluding hydrogens is 340 g/mol. The van der Waals surface area contributed by atoms with Gasteiger partial charge in [-0.05, 0) is 53.5 Å². The number of hydrogen-bond acceptors (Lipinski definition) is 6. The Morgan fingerprint density at radius 3 is 2.52 bits per heavy atom. The Morgan fingerprint density at radius 1 is 1.20 bits per heavy atom. The number of aryl methyl sites for hydroxylation is 2. The molecule has 0 fully saturated rings. The fraction of sp³-hybridized carbons (Fsp3) is 0.438. The van der Waals surface area contributed by atoms with Crippen LogP contribution in [0.3, 0.4) is 0 Å². The average Bonchev–Trinajstić information content (AvgIpc) is 2.98. The highest BCUT2D eigenvalue weighted by Crippen LogP contribution is 2.19. The van der Waals surface area contributed by atoms with E-state index in [1.807, 2.05) is 39.8 Å². The topological polar surface area (TPSA) is 102 Å². The van der Waals surface area contributed by atoms with E-state index in [-0.39, 0.29) is 5.75 Å². The molecule has 0 unspecified atom stereocenters. The standard InChI is InChI=1S/C16H22N6O2S/c1-10(2)8-17-15(24)18-14(23)9-25-16-19-20-21-22(16)13-6-11(3)5-12(4)7-13/h5-7,10H,8-9H2,1-4H3,(H2,17,18,23,24). The van der Waals surface area contributed by atoms with E-state index in [2.05, 4.69) is 32.2 Å². The highest BCUT2D eigenvalue weighted by Gasteiger charge is 2.14. The Bertz CT molecular complexity index is 739. The third kappa shape index (κ3) is 5.86. The maximum absolute atomic E-state index is 11.9. The van der Waals surface area contributed by atoms with Gasteiger partial charge in [0.1, 0.15) is 0 Å². The van der Waals surface area contributed by atoms with Gasteiger partial charge in [-0.3, -0.25) is 10.1 Å². The van der Waals surface area contributed by atoms with Crippen LogP contribution in [0.15, 0.2) is 23.4 Å². The minimum absolute atomic E-state index is 0.0419. The minimum atomic E-state index is -0.492. The summed E-state index contributed by atoms with van der Waals surface area (Å²) in [5.74, 6) is -0.0424. The van der Waals surface area contributed by atoms with Crippen LogP contribution in [0.25, 0.3) is 5.69 Å². The SMILES string of the molecule is Cc1cc(C)cc(-n2nnnc2SCC(=O)NC(=O)NCC(C)C)c1. The molecule has 0 saturated heterocycles. The lowest BCUT2D eigenvalue weighted by atomic mass is 10.1. The first-order valence-corrected chi connectivity index (χ1v) is 8.91. The van der Waals surface area contributed by atoms with Gasteiger partial charge in [0.25, 0.3) is 0 Å². The largest absolute Gasteiger partial charge is 0.338 e. The predicted molar refractivity (Wildman–Crippen MR) is 95.7 cm³/mol. The zero-order chi connectivity index (χ0) is 18.4. The Balaban J connectivity index is 1.95. The molecule has 0 aliphatic carbocycles. The van der Waals surface area contributed by atoms with Crippen LogP contribution in [0.4, 0.5) is 4.79 Å². The second-order valence-electron chi connectivity index (χ2n) is 6.16. The summed E-state index contributed by atoms with van der Waals surface area (Å²) in [6.07, 6.45) is 0. The lowest BCUT2D eigenvalue weighted by Crippen LogP contribution is -2.41. The van der Waals surface area contributed by atoms with Crippen LogP contribution in [0, 0.1) is 19.8 Å². The van der Waals surface area contributed by atoms with Crippen molar-refractivity contribution in [3.8, 4) is 5.69 Å². The van der Waals surface area contributed by atoms with Crippen molar-refractivity contribution in [2.75, 3.05) is 12.3 Å². The van der Waals surface area contributed by atoms with Crippen molar-refractivity contribution >= 4 is 23.7 Å². The number of imide groups is 1. The van der Waals surface area contributed by atoms with Crippen LogP contribution in [0.1, 0.15) is 25.0 Å². The predicted octanol–water partition coefficient (Wildman–Crippen LogP) is 1.85. The normalized spacial score (nSPS) is 10.8. The maximum Gasteiger partial charge on any atom is 0.321 e. The van der Waals surface area contributed by atoms with Crippen molar-refractivity contribution in [3.63, 3.8) is 0 Å². The van der Waals surface area contributed by atoms with Gasteiger partial charge >= 0.3 is 6.03 Å². The molecule has 8 nitrogen and oxygen atoms in total. The quantitative estimate of drug-likeness (QED) is 0.761. The van der Waals surface area contributed by atoms with E-state index in [9.17, 15) is 9.59 Å². The summed E-state index contributed by atoms with van der Waals surface area (Å²) in [5, 5.41) is 17.0. The molecule has 1 aromatic heterocycles. The maximum atomic E-state index is 11.9. The van der Waals surface area contributed by atoms with Crippen molar-refractivity contribution in [2.24, 2.45) is 5.92 Å². The van der Waals surface area contributed by atoms with Crippen LogP contribution in [0.5, 0.6) is 0 Å². The second kappa shape index (κ2) is 8.61. The van der Waals surface area contributed by atoms with Gasteiger partial charge in [0.2, 0.25) is 11.1 Å². The monoisotopic (exact) mass is 362 g/mol. The van der Waals surface area contributed by atoms with Crippen molar-refractivity contribution in [2.45, 2.75) is 32.9 Å². The van der Waals surface area contributed by atoms with Gasteiger partial charge in [-0.15, -0.1) is 5.10 Å². The number of carbonyl (C=O) groups is 2. The number of aromatic nitrogens is 4. The van der Waals surface area contributed by atoms with E-state index in [1.54, 1.807) is 4.68 Å². The van der Waals surface area contributed by atoms with E-state index in [1.165, 1.54) is 11.8 Å². The molecule has 9 heteroatoms. The summed E-state index contributed by atoms with van der Waals surface area (Å²) in [6.45, 7) is 8.46. The average molecular weight is 362 g/mol. The van der Waals surface area contributed by atoms with Crippen LogP contribution in [-0.2, 0) is 4.79 Å². The highest BCUT2D eigenvalue weighted by atomic mass is 32.2. The molecule has 134 valence electrons. The molecule has 0 aliphatic rings. The smallest absolute Gasteiger partial charge is 0.321 e. The number of amides is 3. The highest BCUT2D eigenvalue weighted by molar-refractivity contribution is 7.99. The summed E-state index contributed by atoms with van der Waals surface area (Å²) in [7, 11) is 0. The van der Waals surface area contributed by atoms with Gasteiger partial charge in [-0.25, -0.2) is 4.79 Å². The van der Waals surface area contributed by atoms with Gasteiger partial charge < -0.3 is 5.32 Å². The van der Waals surface area contributed by atoms with Gasteiger partial charge in [0.15, 0.2) is 0 Å². The molecule has 0 spiro atoms. The first kappa shape index (κ1) is 18.9. The van der Waals surface area contributed by atoms with E-state index < -0.39 is 11.9 Å². The molecule has 2 N–H and O–H groups in total. The van der Waals surface area contributed by atoms with Crippen LogP contribution < -0.4 is 10.6 Å². The number of tetrazole rings is 1. The van der Waals surface area contributed by atoms with E-state index in [4.69, 9.17) is 0 Å². The Hall–Kier alpha value is -2.42. The number of nitrogens with zero attached hydrogens (tertiary/aromatic N) is 4. The third-order valence-electron chi connectivity index (χ3n) is 3.15. The molecule has 1 aromatic carbocycles. The number of urea groups is 1. The second-order valence-corrected chi connectivity index (χ2v) is 7.10. The number of thioether (sulfide) groups is 1. The molecule has 1 heterocycles. The van der Waals surface area contributed by atoms with Crippen LogP contribution in [-0.4, -0.2) is 44.4 Å². The zero-order valence-corrected chi connectivity index (χ0v) is 15.6. The van der Waals surface area contributed by atoms with Crippen molar-refractivity contribution in [1.29, 1.82) is 0 Å². The van der Waals surface area contributed by atoms with E-state index in [0.29, 0.717) is 17.6 Å². The molecule has 0 radical (unpaired) electrons. The summed E-state index contributed by atoms with van der Waals surface area (Å²) in [4.78, 5) is 23.5. The molecule has 2 rings (SSSR count). The minimum Gasteiger partial charge on any atom is -0.338 e. The molecule has 0 saturated carbocycles. The molecule has 0 aliphatic heterocycles. The number of nitrogens with one attached hydrogen (secondary N) is 2. The molecule has 2 aromatic rings. The summed E-state index contributed by atoms with van der Waals surface area (Å²) < 4.78 is 1.58. The fourth-order valence-corrected chi connectivity index (χ4v) is 2.83. The number of benzene rings is 1. The van der Waals surface area contributed by atoms with E-state index in [0.717, 1.165) is 16.8 Å². The van der Waals surface area contributed by atoms with Gasteiger partial charge in [0.05, 0.1) is 11.4 Å². The summed E-state index contributed by atoms with van der Waals surface area (Å²) in [6, 6.07) is 5.50. The number of hydrogen-bond donors (Lipinski definition) is 2. The molecule has 0 bridgehead atoms. The van der Waals surface area contributed by atoms with Crippen molar-refractivity contribution in [3.05, 3.63) is 29.3 Å². The molecular formula is C16H22N6O2S. The Labute approximate surface area is 150 Å². The number of carbonyl (C=O) groups excluding carboxylic acids is 2. The van der Waals surface area contributed by atoms with Gasteiger partial charge in [-0.1, -0.05) is 31.7 Å². The molecule has 0 atom stereocenters. The van der Waals surface area contributed by atoms with Crippen LogP contribution >= 0.6 is 11.8 Å². The van der Waals surface area contributed by atoms with Gasteiger partial charge in [-0.2, -0.15) is 4.68 Å². The first-order chi connectivity index (χ1) is 11.8. The lowest BCUT2D eigenvalue weighted by molar-refractivity contribution is -0.117.